The van der Waals surface area contributed by atoms with Crippen molar-refractivity contribution in [3.8, 4) is 0 Å². The van der Waals surface area contributed by atoms with E-state index in [-0.39, 0.29) is 10.9 Å². The van der Waals surface area contributed by atoms with Gasteiger partial charge in [-0.2, -0.15) is 13.2 Å². The average molecular weight is 297 g/mol. The second kappa shape index (κ2) is 4.86. The van der Waals surface area contributed by atoms with Crippen molar-refractivity contribution < 1.29 is 22.7 Å². The van der Waals surface area contributed by atoms with Crippen LogP contribution in [-0.4, -0.2) is 13.1 Å². The van der Waals surface area contributed by atoms with E-state index in [9.17, 15) is 18.0 Å². The van der Waals surface area contributed by atoms with Gasteiger partial charge in [-0.3, -0.25) is 0 Å². The molecule has 16 heavy (non-hydrogen) atoms. The molecule has 0 saturated carbocycles. The number of alkyl halides is 4. The van der Waals surface area contributed by atoms with Crippen molar-refractivity contribution in [2.45, 2.75) is 11.5 Å². The van der Waals surface area contributed by atoms with Crippen LogP contribution in [0.15, 0.2) is 18.2 Å². The molecule has 0 atom stereocenters. The Morgan fingerprint density at radius 3 is 2.44 bits per heavy atom. The number of rotatable bonds is 2. The van der Waals surface area contributed by atoms with Gasteiger partial charge in [-0.05, 0) is 23.8 Å². The van der Waals surface area contributed by atoms with E-state index in [0.717, 1.165) is 19.2 Å². The van der Waals surface area contributed by atoms with Gasteiger partial charge >= 0.3 is 12.1 Å². The quantitative estimate of drug-likeness (QED) is 0.618. The van der Waals surface area contributed by atoms with Crippen LogP contribution in [0.2, 0.25) is 0 Å². The Balaban J connectivity index is 3.27. The second-order valence-electron chi connectivity index (χ2n) is 3.04. The molecule has 2 nitrogen and oxygen atoms in total. The Labute approximate surface area is 98.5 Å². The van der Waals surface area contributed by atoms with E-state index in [2.05, 4.69) is 20.7 Å². The van der Waals surface area contributed by atoms with Gasteiger partial charge in [0.1, 0.15) is 0 Å². The molecular weight excluding hydrogens is 289 g/mol. The summed E-state index contributed by atoms with van der Waals surface area (Å²) in [4.78, 5) is 11.2. The van der Waals surface area contributed by atoms with Crippen LogP contribution in [0.1, 0.15) is 21.5 Å². The molecule has 0 aliphatic heterocycles. The van der Waals surface area contributed by atoms with E-state index in [1.165, 1.54) is 6.07 Å². The summed E-state index contributed by atoms with van der Waals surface area (Å²) >= 11 is 3.04. The molecule has 0 amide bonds. The first-order valence-electron chi connectivity index (χ1n) is 4.24. The highest BCUT2D eigenvalue weighted by Gasteiger charge is 2.31. The molecule has 0 radical (unpaired) electrons. The predicted molar refractivity (Wildman–Crippen MR) is 55.4 cm³/mol. The molecular formula is C10H8BrF3O2. The van der Waals surface area contributed by atoms with Crippen molar-refractivity contribution in [1.29, 1.82) is 0 Å². The van der Waals surface area contributed by atoms with Crippen molar-refractivity contribution in [2.24, 2.45) is 0 Å². The minimum atomic E-state index is -4.47. The van der Waals surface area contributed by atoms with Crippen molar-refractivity contribution in [3.05, 3.63) is 34.9 Å². The molecule has 0 aliphatic carbocycles. The lowest BCUT2D eigenvalue weighted by atomic mass is 10.1. The van der Waals surface area contributed by atoms with Crippen LogP contribution < -0.4 is 0 Å². The summed E-state index contributed by atoms with van der Waals surface area (Å²) in [7, 11) is 1.12. The van der Waals surface area contributed by atoms with Gasteiger partial charge in [0.15, 0.2) is 0 Å². The lowest BCUT2D eigenvalue weighted by Gasteiger charge is -2.10. The van der Waals surface area contributed by atoms with E-state index in [4.69, 9.17) is 0 Å². The average Bonchev–Trinajstić information content (AvgIpc) is 2.26. The molecule has 0 spiro atoms. The number of esters is 1. The van der Waals surface area contributed by atoms with Crippen molar-refractivity contribution in [2.75, 3.05) is 7.11 Å². The number of hydrogen-bond acceptors (Lipinski definition) is 2. The van der Waals surface area contributed by atoms with Gasteiger partial charge in [-0.25, -0.2) is 4.79 Å². The number of halogens is 4. The van der Waals surface area contributed by atoms with Gasteiger partial charge in [0.25, 0.3) is 0 Å². The summed E-state index contributed by atoms with van der Waals surface area (Å²) < 4.78 is 41.8. The molecule has 1 aromatic rings. The van der Waals surface area contributed by atoms with E-state index < -0.39 is 17.7 Å². The fourth-order valence-electron chi connectivity index (χ4n) is 1.17. The van der Waals surface area contributed by atoms with E-state index in [1.807, 2.05) is 0 Å². The molecule has 0 aromatic heterocycles. The molecule has 6 heteroatoms. The summed E-state index contributed by atoms with van der Waals surface area (Å²) in [5, 5.41) is 0.237. The van der Waals surface area contributed by atoms with Crippen LogP contribution in [0.4, 0.5) is 13.2 Å². The molecule has 0 bridgehead atoms. The van der Waals surface area contributed by atoms with Crippen molar-refractivity contribution in [1.82, 2.24) is 0 Å². The van der Waals surface area contributed by atoms with Crippen molar-refractivity contribution >= 4 is 21.9 Å². The Morgan fingerprint density at radius 1 is 1.38 bits per heavy atom. The normalized spacial score (nSPS) is 11.3. The van der Waals surface area contributed by atoms with E-state index >= 15 is 0 Å². The van der Waals surface area contributed by atoms with Crippen LogP contribution in [0.5, 0.6) is 0 Å². The van der Waals surface area contributed by atoms with Crippen LogP contribution >= 0.6 is 15.9 Å². The first kappa shape index (κ1) is 13.0. The first-order valence-corrected chi connectivity index (χ1v) is 5.36. The Bertz CT molecular complexity index is 402. The first-order chi connectivity index (χ1) is 7.38. The lowest BCUT2D eigenvalue weighted by molar-refractivity contribution is -0.137. The molecule has 1 aromatic carbocycles. The fourth-order valence-corrected chi connectivity index (χ4v) is 1.49. The van der Waals surface area contributed by atoms with Gasteiger partial charge in [0, 0.05) is 5.33 Å². The number of carbonyl (C=O) groups excluding carboxylic acids is 1. The molecule has 0 heterocycles. The molecule has 0 N–H and O–H groups in total. The number of ether oxygens (including phenoxy) is 1. The van der Waals surface area contributed by atoms with Crippen molar-refractivity contribution in [3.63, 3.8) is 0 Å². The van der Waals surface area contributed by atoms with E-state index in [1.54, 1.807) is 0 Å². The highest BCUT2D eigenvalue weighted by molar-refractivity contribution is 9.08. The SMILES string of the molecule is COC(=O)c1cc(CBr)cc(C(F)(F)F)c1. The third-order valence-corrected chi connectivity index (χ3v) is 2.54. The van der Waals surface area contributed by atoms with Crippen LogP contribution in [0, 0.1) is 0 Å². The summed E-state index contributed by atoms with van der Waals surface area (Å²) in [5.41, 5.74) is -0.591. The summed E-state index contributed by atoms with van der Waals surface area (Å²) in [5.74, 6) is -0.784. The van der Waals surface area contributed by atoms with Gasteiger partial charge in [-0.1, -0.05) is 15.9 Å². The summed E-state index contributed by atoms with van der Waals surface area (Å²) in [6.07, 6.45) is -4.47. The third-order valence-electron chi connectivity index (χ3n) is 1.90. The van der Waals surface area contributed by atoms with Gasteiger partial charge in [-0.15, -0.1) is 0 Å². The number of methoxy groups -OCH3 is 1. The molecule has 0 aliphatic rings. The van der Waals surface area contributed by atoms with Gasteiger partial charge < -0.3 is 4.74 Å². The second-order valence-corrected chi connectivity index (χ2v) is 3.60. The number of benzene rings is 1. The maximum Gasteiger partial charge on any atom is 0.416 e. The zero-order chi connectivity index (χ0) is 12.3. The van der Waals surface area contributed by atoms with Gasteiger partial charge in [0.05, 0.1) is 18.2 Å². The Kier molecular flexibility index (Phi) is 3.96. The Morgan fingerprint density at radius 2 is 2.00 bits per heavy atom. The minimum Gasteiger partial charge on any atom is -0.465 e. The molecule has 0 saturated heterocycles. The van der Waals surface area contributed by atoms with Crippen LogP contribution in [0.25, 0.3) is 0 Å². The molecule has 0 fully saturated rings. The van der Waals surface area contributed by atoms with E-state index in [0.29, 0.717) is 5.56 Å². The van der Waals surface area contributed by atoms with Crippen LogP contribution in [-0.2, 0) is 16.2 Å². The minimum absolute atomic E-state index is 0.105. The largest absolute Gasteiger partial charge is 0.465 e. The maximum atomic E-state index is 12.5. The smallest absolute Gasteiger partial charge is 0.416 e. The lowest BCUT2D eigenvalue weighted by Crippen LogP contribution is -2.09. The monoisotopic (exact) mass is 296 g/mol. The number of hydrogen-bond donors (Lipinski definition) is 0. The predicted octanol–water partition coefficient (Wildman–Crippen LogP) is 3.39. The molecule has 88 valence electrons. The topological polar surface area (TPSA) is 26.3 Å². The standard InChI is InChI=1S/C10H8BrF3O2/c1-16-9(15)7-2-6(5-11)3-8(4-7)10(12,13)14/h2-4H,5H2,1H3. The zero-order valence-corrected chi connectivity index (χ0v) is 9.85. The summed E-state index contributed by atoms with van der Waals surface area (Å²) in [6.45, 7) is 0. The third kappa shape index (κ3) is 2.98. The fraction of sp³-hybridized carbons (Fsp3) is 0.300. The van der Waals surface area contributed by atoms with Crippen LogP contribution in [0.3, 0.4) is 0 Å². The number of carbonyl (C=O) groups is 1. The highest BCUT2D eigenvalue weighted by Crippen LogP contribution is 2.31. The zero-order valence-electron chi connectivity index (χ0n) is 8.27. The summed E-state index contributed by atoms with van der Waals surface area (Å²) in [6, 6.07) is 3.12. The maximum absolute atomic E-state index is 12.5. The molecule has 0 unspecified atom stereocenters. The molecule has 1 rings (SSSR count). The Hall–Kier alpha value is -1.04. The highest BCUT2D eigenvalue weighted by atomic mass is 79.9. The van der Waals surface area contributed by atoms with Gasteiger partial charge in [0.2, 0.25) is 0 Å².